The maximum absolute atomic E-state index is 10.1. The predicted octanol–water partition coefficient (Wildman–Crippen LogP) is 7.65. The standard InChI is InChI=1S/C22H46O/c1-4-6-8-9-10-11-12-13-14-15-16-17-18-20-22(23)21(3)19-7-5-2/h21-23H,4-20H2,1-3H3. The lowest BCUT2D eigenvalue weighted by Crippen LogP contribution is -2.17. The van der Waals surface area contributed by atoms with Gasteiger partial charge in [0.05, 0.1) is 6.10 Å². The molecule has 2 unspecified atom stereocenters. The summed E-state index contributed by atoms with van der Waals surface area (Å²) < 4.78 is 0. The lowest BCUT2D eigenvalue weighted by atomic mass is 9.94. The first-order chi connectivity index (χ1) is 11.2. The zero-order valence-electron chi connectivity index (χ0n) is 16.6. The molecule has 23 heavy (non-hydrogen) atoms. The van der Waals surface area contributed by atoms with Gasteiger partial charge in [-0.15, -0.1) is 0 Å². The van der Waals surface area contributed by atoms with Crippen molar-refractivity contribution in [2.45, 2.75) is 136 Å². The number of unbranched alkanes of at least 4 members (excludes halogenated alkanes) is 13. The molecule has 0 aliphatic rings. The number of hydrogen-bond donors (Lipinski definition) is 1. The Bertz CT molecular complexity index is 214. The second-order valence-corrected chi connectivity index (χ2v) is 7.72. The largest absolute Gasteiger partial charge is 0.393 e. The summed E-state index contributed by atoms with van der Waals surface area (Å²) in [7, 11) is 0. The summed E-state index contributed by atoms with van der Waals surface area (Å²) in [6, 6.07) is 0. The molecular formula is C22H46O. The zero-order chi connectivity index (χ0) is 17.2. The second-order valence-electron chi connectivity index (χ2n) is 7.72. The third-order valence-electron chi connectivity index (χ3n) is 5.27. The highest BCUT2D eigenvalue weighted by molar-refractivity contribution is 4.64. The molecule has 0 fully saturated rings. The van der Waals surface area contributed by atoms with Crippen LogP contribution >= 0.6 is 0 Å². The maximum atomic E-state index is 10.1. The summed E-state index contributed by atoms with van der Waals surface area (Å²) in [5.41, 5.74) is 0. The number of aliphatic hydroxyl groups excluding tert-OH is 1. The fraction of sp³-hybridized carbons (Fsp3) is 1.00. The third-order valence-corrected chi connectivity index (χ3v) is 5.27. The highest BCUT2D eigenvalue weighted by Crippen LogP contribution is 2.18. The van der Waals surface area contributed by atoms with Crippen molar-refractivity contribution < 1.29 is 5.11 Å². The van der Waals surface area contributed by atoms with Gasteiger partial charge in [0.25, 0.3) is 0 Å². The molecule has 0 aromatic carbocycles. The van der Waals surface area contributed by atoms with Gasteiger partial charge in [-0.1, -0.05) is 117 Å². The topological polar surface area (TPSA) is 20.2 Å². The van der Waals surface area contributed by atoms with E-state index in [9.17, 15) is 5.11 Å². The van der Waals surface area contributed by atoms with Crippen molar-refractivity contribution in [3.8, 4) is 0 Å². The Morgan fingerprint density at radius 3 is 1.35 bits per heavy atom. The molecule has 1 heteroatoms. The quantitative estimate of drug-likeness (QED) is 0.256. The van der Waals surface area contributed by atoms with Gasteiger partial charge in [-0.05, 0) is 18.8 Å². The van der Waals surface area contributed by atoms with Crippen LogP contribution in [0.3, 0.4) is 0 Å². The monoisotopic (exact) mass is 326 g/mol. The molecule has 0 radical (unpaired) electrons. The maximum Gasteiger partial charge on any atom is 0.0565 e. The summed E-state index contributed by atoms with van der Waals surface area (Å²) in [5, 5.41) is 10.1. The molecule has 1 N–H and O–H groups in total. The van der Waals surface area contributed by atoms with Crippen LogP contribution in [-0.2, 0) is 0 Å². The van der Waals surface area contributed by atoms with Gasteiger partial charge in [0.15, 0.2) is 0 Å². The van der Waals surface area contributed by atoms with E-state index in [1.165, 1.54) is 103 Å². The van der Waals surface area contributed by atoms with Gasteiger partial charge in [-0.2, -0.15) is 0 Å². The number of rotatable bonds is 18. The van der Waals surface area contributed by atoms with Crippen LogP contribution in [0.1, 0.15) is 130 Å². The minimum Gasteiger partial charge on any atom is -0.393 e. The van der Waals surface area contributed by atoms with Gasteiger partial charge in [-0.25, -0.2) is 0 Å². The van der Waals surface area contributed by atoms with Crippen molar-refractivity contribution in [2.75, 3.05) is 0 Å². The fourth-order valence-corrected chi connectivity index (χ4v) is 3.37. The van der Waals surface area contributed by atoms with Gasteiger partial charge in [0.2, 0.25) is 0 Å². The van der Waals surface area contributed by atoms with Crippen LogP contribution in [0.5, 0.6) is 0 Å². The zero-order valence-corrected chi connectivity index (χ0v) is 16.6. The Balaban J connectivity index is 3.18. The molecule has 0 rings (SSSR count). The van der Waals surface area contributed by atoms with E-state index in [0.29, 0.717) is 5.92 Å². The molecule has 0 spiro atoms. The third kappa shape index (κ3) is 16.6. The average molecular weight is 327 g/mol. The van der Waals surface area contributed by atoms with Crippen molar-refractivity contribution in [2.24, 2.45) is 5.92 Å². The first-order valence-electron chi connectivity index (χ1n) is 10.9. The predicted molar refractivity (Wildman–Crippen MR) is 105 cm³/mol. The molecule has 0 amide bonds. The Kier molecular flexibility index (Phi) is 18.3. The Morgan fingerprint density at radius 1 is 0.522 bits per heavy atom. The van der Waals surface area contributed by atoms with Crippen LogP contribution in [-0.4, -0.2) is 11.2 Å². The second kappa shape index (κ2) is 18.3. The summed E-state index contributed by atoms with van der Waals surface area (Å²) in [6.07, 6.45) is 22.8. The Hall–Kier alpha value is -0.0400. The molecule has 0 aromatic rings. The molecule has 0 saturated heterocycles. The van der Waals surface area contributed by atoms with E-state index in [0.717, 1.165) is 6.42 Å². The Morgan fingerprint density at radius 2 is 0.913 bits per heavy atom. The van der Waals surface area contributed by atoms with Crippen molar-refractivity contribution in [1.82, 2.24) is 0 Å². The van der Waals surface area contributed by atoms with Crippen molar-refractivity contribution in [3.63, 3.8) is 0 Å². The molecule has 0 saturated carbocycles. The minimum absolute atomic E-state index is 0.0609. The fourth-order valence-electron chi connectivity index (χ4n) is 3.37. The molecule has 0 aromatic heterocycles. The number of aliphatic hydroxyl groups is 1. The summed E-state index contributed by atoms with van der Waals surface area (Å²) >= 11 is 0. The van der Waals surface area contributed by atoms with E-state index < -0.39 is 0 Å². The summed E-state index contributed by atoms with van der Waals surface area (Å²) in [5.74, 6) is 0.493. The first-order valence-corrected chi connectivity index (χ1v) is 10.9. The molecule has 0 bridgehead atoms. The van der Waals surface area contributed by atoms with Crippen LogP contribution in [0.25, 0.3) is 0 Å². The lowest BCUT2D eigenvalue weighted by Gasteiger charge is -2.18. The molecule has 140 valence electrons. The summed E-state index contributed by atoms with van der Waals surface area (Å²) in [6.45, 7) is 6.72. The smallest absolute Gasteiger partial charge is 0.0565 e. The van der Waals surface area contributed by atoms with E-state index >= 15 is 0 Å². The van der Waals surface area contributed by atoms with E-state index in [1.807, 2.05) is 0 Å². The van der Waals surface area contributed by atoms with Crippen LogP contribution in [0.4, 0.5) is 0 Å². The first kappa shape index (κ1) is 23.0. The number of hydrogen-bond acceptors (Lipinski definition) is 1. The van der Waals surface area contributed by atoms with Crippen molar-refractivity contribution in [1.29, 1.82) is 0 Å². The Labute approximate surface area is 147 Å². The van der Waals surface area contributed by atoms with Gasteiger partial charge >= 0.3 is 0 Å². The highest BCUT2D eigenvalue weighted by Gasteiger charge is 2.12. The van der Waals surface area contributed by atoms with E-state index in [2.05, 4.69) is 20.8 Å². The lowest BCUT2D eigenvalue weighted by molar-refractivity contribution is 0.0988. The van der Waals surface area contributed by atoms with Gasteiger partial charge in [0.1, 0.15) is 0 Å². The van der Waals surface area contributed by atoms with E-state index in [1.54, 1.807) is 0 Å². The van der Waals surface area contributed by atoms with E-state index in [-0.39, 0.29) is 6.10 Å². The molecule has 0 aliphatic heterocycles. The van der Waals surface area contributed by atoms with Crippen molar-refractivity contribution >= 4 is 0 Å². The minimum atomic E-state index is -0.0609. The van der Waals surface area contributed by atoms with Gasteiger partial charge in [-0.3, -0.25) is 0 Å². The van der Waals surface area contributed by atoms with E-state index in [4.69, 9.17) is 0 Å². The molecule has 1 nitrogen and oxygen atoms in total. The van der Waals surface area contributed by atoms with Crippen molar-refractivity contribution in [3.05, 3.63) is 0 Å². The molecule has 2 atom stereocenters. The molecular weight excluding hydrogens is 280 g/mol. The van der Waals surface area contributed by atoms with Gasteiger partial charge in [0, 0.05) is 0 Å². The van der Waals surface area contributed by atoms with Gasteiger partial charge < -0.3 is 5.11 Å². The average Bonchev–Trinajstić information content (AvgIpc) is 2.56. The summed E-state index contributed by atoms with van der Waals surface area (Å²) in [4.78, 5) is 0. The van der Waals surface area contributed by atoms with Crippen LogP contribution in [0.15, 0.2) is 0 Å². The SMILES string of the molecule is CCCCCCCCCCCCCCCC(O)C(C)CCCC. The molecule has 0 aliphatic carbocycles. The highest BCUT2D eigenvalue weighted by atomic mass is 16.3. The van der Waals surface area contributed by atoms with Crippen LogP contribution < -0.4 is 0 Å². The van der Waals surface area contributed by atoms with Crippen LogP contribution in [0, 0.1) is 5.92 Å². The molecule has 0 heterocycles. The normalized spacial score (nSPS) is 14.1. The van der Waals surface area contributed by atoms with Crippen LogP contribution in [0.2, 0.25) is 0 Å².